The number of amides is 2. The van der Waals surface area contributed by atoms with Crippen molar-refractivity contribution in [2.24, 2.45) is 0 Å². The Hall–Kier alpha value is -3.68. The number of benzene rings is 2. The van der Waals surface area contributed by atoms with Crippen molar-refractivity contribution in [1.82, 2.24) is 9.97 Å². The second-order valence-electron chi connectivity index (χ2n) is 7.66. The minimum absolute atomic E-state index is 0.353. The Labute approximate surface area is 196 Å². The molecule has 0 unspecified atom stereocenters. The van der Waals surface area contributed by atoms with E-state index in [2.05, 4.69) is 25.5 Å². The molecule has 1 aliphatic heterocycles. The highest BCUT2D eigenvalue weighted by molar-refractivity contribution is 6.33. The zero-order chi connectivity index (χ0) is 22.6. The van der Waals surface area contributed by atoms with Crippen LogP contribution in [0.5, 0.6) is 0 Å². The van der Waals surface area contributed by atoms with Gasteiger partial charge in [0.25, 0.3) is 0 Å². The van der Waals surface area contributed by atoms with Crippen LogP contribution in [0, 0.1) is 0 Å². The second-order valence-corrected chi connectivity index (χ2v) is 8.06. The molecule has 4 aromatic rings. The van der Waals surface area contributed by atoms with E-state index >= 15 is 0 Å². The topological polar surface area (TPSA) is 79.4 Å². The fourth-order valence-electron chi connectivity index (χ4n) is 3.87. The van der Waals surface area contributed by atoms with Gasteiger partial charge in [-0.25, -0.2) is 9.78 Å². The van der Waals surface area contributed by atoms with E-state index in [4.69, 9.17) is 16.3 Å². The quantitative estimate of drug-likeness (QED) is 0.425. The van der Waals surface area contributed by atoms with E-state index in [0.717, 1.165) is 40.9 Å². The van der Waals surface area contributed by atoms with Crippen LogP contribution in [0.3, 0.4) is 0 Å². The number of aromatic nitrogens is 2. The molecule has 1 aliphatic rings. The largest absolute Gasteiger partial charge is 0.378 e. The Morgan fingerprint density at radius 1 is 0.909 bits per heavy atom. The number of fused-ring (bicyclic) bond motifs is 1. The number of hydrogen-bond donors (Lipinski definition) is 2. The number of halogens is 1. The lowest BCUT2D eigenvalue weighted by atomic mass is 10.0. The molecule has 0 radical (unpaired) electrons. The van der Waals surface area contributed by atoms with E-state index in [-0.39, 0.29) is 6.03 Å². The van der Waals surface area contributed by atoms with Gasteiger partial charge in [-0.3, -0.25) is 4.98 Å². The van der Waals surface area contributed by atoms with E-state index in [9.17, 15) is 4.79 Å². The Balaban J connectivity index is 1.34. The van der Waals surface area contributed by atoms with Crippen LogP contribution in [0.15, 0.2) is 73.1 Å². The third kappa shape index (κ3) is 4.74. The number of nitrogens with zero attached hydrogens (tertiary/aromatic N) is 3. The zero-order valence-corrected chi connectivity index (χ0v) is 18.5. The number of pyridine rings is 2. The Kier molecular flexibility index (Phi) is 6.06. The molecule has 0 atom stereocenters. The van der Waals surface area contributed by atoms with Crippen LogP contribution in [0.4, 0.5) is 22.0 Å². The summed E-state index contributed by atoms with van der Waals surface area (Å²) < 4.78 is 5.39. The smallest absolute Gasteiger partial charge is 0.323 e. The molecule has 0 spiro atoms. The lowest BCUT2D eigenvalue weighted by Gasteiger charge is -2.28. The Morgan fingerprint density at radius 3 is 2.52 bits per heavy atom. The average Bonchev–Trinajstić information content (AvgIpc) is 2.85. The molecule has 33 heavy (non-hydrogen) atoms. The molecule has 5 rings (SSSR count). The summed E-state index contributed by atoms with van der Waals surface area (Å²) in [5.74, 6) is 0.812. The number of hydrogen-bond acceptors (Lipinski definition) is 5. The van der Waals surface area contributed by atoms with Gasteiger partial charge >= 0.3 is 6.03 Å². The SMILES string of the molecule is O=C(Nc1ccnc(N2CCOCC2)c1)Nc1ccc(Cl)c(-c2nccc3ccccc23)c1. The van der Waals surface area contributed by atoms with E-state index in [0.29, 0.717) is 29.6 Å². The first-order valence-corrected chi connectivity index (χ1v) is 11.1. The van der Waals surface area contributed by atoms with Crippen molar-refractivity contribution in [3.8, 4) is 11.3 Å². The van der Waals surface area contributed by atoms with Gasteiger partial charge in [-0.05, 0) is 35.7 Å². The summed E-state index contributed by atoms with van der Waals surface area (Å²) in [7, 11) is 0. The van der Waals surface area contributed by atoms with Gasteiger partial charge in [0.1, 0.15) is 5.82 Å². The Morgan fingerprint density at radius 2 is 1.67 bits per heavy atom. The maximum Gasteiger partial charge on any atom is 0.323 e. The number of carbonyl (C=O) groups is 1. The summed E-state index contributed by atoms with van der Waals surface area (Å²) in [6.45, 7) is 2.89. The summed E-state index contributed by atoms with van der Waals surface area (Å²) in [6, 6.07) is 18.6. The summed E-state index contributed by atoms with van der Waals surface area (Å²) in [5.41, 5.74) is 2.80. The molecule has 2 N–H and O–H groups in total. The maximum absolute atomic E-state index is 12.7. The van der Waals surface area contributed by atoms with Crippen molar-refractivity contribution in [3.05, 3.63) is 78.1 Å². The minimum atomic E-state index is -0.353. The van der Waals surface area contributed by atoms with Crippen molar-refractivity contribution in [1.29, 1.82) is 0 Å². The van der Waals surface area contributed by atoms with E-state index in [1.807, 2.05) is 42.5 Å². The van der Waals surface area contributed by atoms with Crippen molar-refractivity contribution in [2.45, 2.75) is 0 Å². The summed E-state index contributed by atoms with van der Waals surface area (Å²) in [5, 5.41) is 8.39. The number of nitrogens with one attached hydrogen (secondary N) is 2. The number of rotatable bonds is 4. The van der Waals surface area contributed by atoms with E-state index in [1.165, 1.54) is 0 Å². The van der Waals surface area contributed by atoms with Crippen LogP contribution >= 0.6 is 11.6 Å². The van der Waals surface area contributed by atoms with Crippen LogP contribution in [0.1, 0.15) is 0 Å². The van der Waals surface area contributed by atoms with Crippen molar-refractivity contribution >= 4 is 45.6 Å². The van der Waals surface area contributed by atoms with Gasteiger partial charge < -0.3 is 20.3 Å². The van der Waals surface area contributed by atoms with Crippen molar-refractivity contribution in [3.63, 3.8) is 0 Å². The molecule has 3 heterocycles. The molecular formula is C25H22ClN5O2. The molecule has 1 fully saturated rings. The first-order valence-electron chi connectivity index (χ1n) is 10.7. The Bertz CT molecular complexity index is 1300. The van der Waals surface area contributed by atoms with E-state index < -0.39 is 0 Å². The highest BCUT2D eigenvalue weighted by Crippen LogP contribution is 2.33. The molecule has 1 saturated heterocycles. The first-order chi connectivity index (χ1) is 16.2. The van der Waals surface area contributed by atoms with Crippen LogP contribution in [-0.2, 0) is 4.74 Å². The number of urea groups is 1. The summed E-state index contributed by atoms with van der Waals surface area (Å²) in [6.07, 6.45) is 3.45. The molecule has 0 saturated carbocycles. The molecular weight excluding hydrogens is 438 g/mol. The lowest BCUT2D eigenvalue weighted by Crippen LogP contribution is -2.36. The standard InChI is InChI=1S/C25H22ClN5O2/c26-22-6-5-18(15-21(22)24-20-4-2-1-3-17(20)7-9-28-24)29-25(32)30-19-8-10-27-23(16-19)31-11-13-33-14-12-31/h1-10,15-16H,11-14H2,(H2,27,29,30,32). The van der Waals surface area contributed by atoms with Crippen molar-refractivity contribution < 1.29 is 9.53 Å². The molecule has 2 aromatic heterocycles. The van der Waals surface area contributed by atoms with Gasteiger partial charge in [0.2, 0.25) is 0 Å². The number of carbonyl (C=O) groups excluding carboxylic acids is 1. The maximum atomic E-state index is 12.7. The molecule has 2 amide bonds. The zero-order valence-electron chi connectivity index (χ0n) is 17.8. The first kappa shape index (κ1) is 21.2. The number of ether oxygens (including phenoxy) is 1. The number of morpholine rings is 1. The predicted molar refractivity (Wildman–Crippen MR) is 132 cm³/mol. The molecule has 8 heteroatoms. The highest BCUT2D eigenvalue weighted by atomic mass is 35.5. The van der Waals surface area contributed by atoms with Gasteiger partial charge in [-0.2, -0.15) is 0 Å². The van der Waals surface area contributed by atoms with Gasteiger partial charge in [0.15, 0.2) is 0 Å². The molecule has 0 bridgehead atoms. The van der Waals surface area contributed by atoms with Gasteiger partial charge in [0, 0.05) is 53.9 Å². The third-order valence-corrected chi connectivity index (χ3v) is 5.82. The normalized spacial score (nSPS) is 13.7. The monoisotopic (exact) mass is 459 g/mol. The van der Waals surface area contributed by atoms with Gasteiger partial charge in [0.05, 0.1) is 23.9 Å². The molecule has 166 valence electrons. The van der Waals surface area contributed by atoms with Gasteiger partial charge in [-0.1, -0.05) is 35.9 Å². The van der Waals surface area contributed by atoms with Crippen LogP contribution in [0.25, 0.3) is 22.0 Å². The molecule has 7 nitrogen and oxygen atoms in total. The summed E-state index contributed by atoms with van der Waals surface area (Å²) >= 11 is 6.50. The van der Waals surface area contributed by atoms with E-state index in [1.54, 1.807) is 30.6 Å². The third-order valence-electron chi connectivity index (χ3n) is 5.49. The number of anilines is 3. The fourth-order valence-corrected chi connectivity index (χ4v) is 4.08. The predicted octanol–water partition coefficient (Wildman–Crippen LogP) is 5.43. The average molecular weight is 460 g/mol. The fraction of sp³-hybridized carbons (Fsp3) is 0.160. The molecule has 0 aliphatic carbocycles. The minimum Gasteiger partial charge on any atom is -0.378 e. The van der Waals surface area contributed by atoms with Crippen molar-refractivity contribution in [2.75, 3.05) is 41.8 Å². The van der Waals surface area contributed by atoms with Crippen LogP contribution in [-0.4, -0.2) is 42.3 Å². The van der Waals surface area contributed by atoms with Crippen LogP contribution < -0.4 is 15.5 Å². The summed E-state index contributed by atoms with van der Waals surface area (Å²) in [4.78, 5) is 23.8. The molecule has 2 aromatic carbocycles. The highest BCUT2D eigenvalue weighted by Gasteiger charge is 2.14. The van der Waals surface area contributed by atoms with Gasteiger partial charge in [-0.15, -0.1) is 0 Å². The second kappa shape index (κ2) is 9.44. The van der Waals surface area contributed by atoms with Crippen LogP contribution in [0.2, 0.25) is 5.02 Å². The lowest BCUT2D eigenvalue weighted by molar-refractivity contribution is 0.122.